The first-order valence-electron chi connectivity index (χ1n) is 5.93. The number of nitrogens with zero attached hydrogens (tertiary/aromatic N) is 1. The van der Waals surface area contributed by atoms with E-state index < -0.39 is 0 Å². The summed E-state index contributed by atoms with van der Waals surface area (Å²) in [5, 5.41) is 14.9. The number of amidine groups is 1. The van der Waals surface area contributed by atoms with Crippen molar-refractivity contribution in [2.75, 3.05) is 7.11 Å². The smallest absolute Gasteiger partial charge is 0.140 e. The molecule has 0 aliphatic rings. The third-order valence-corrected chi connectivity index (χ3v) is 2.77. The summed E-state index contributed by atoms with van der Waals surface area (Å²) in [4.78, 5) is 0. The number of hydrogen-bond donors (Lipinski definition) is 3. The van der Waals surface area contributed by atoms with Gasteiger partial charge in [-0.1, -0.05) is 17.3 Å². The second kappa shape index (κ2) is 6.86. The van der Waals surface area contributed by atoms with Crippen LogP contribution >= 0.6 is 0 Å². The summed E-state index contributed by atoms with van der Waals surface area (Å²) in [7, 11) is 1.65. The number of methoxy groups -OCH3 is 1. The molecule has 1 aromatic rings. The van der Waals surface area contributed by atoms with E-state index in [0.29, 0.717) is 6.42 Å². The fourth-order valence-electron chi connectivity index (χ4n) is 1.85. The molecule has 0 radical (unpaired) electrons. The minimum Gasteiger partial charge on any atom is -0.497 e. The third kappa shape index (κ3) is 4.25. The van der Waals surface area contributed by atoms with Crippen LogP contribution in [0.2, 0.25) is 0 Å². The van der Waals surface area contributed by atoms with Crippen LogP contribution in [0.4, 0.5) is 0 Å². The molecule has 4 N–H and O–H groups in total. The molecule has 5 nitrogen and oxygen atoms in total. The molecule has 1 aromatic carbocycles. The summed E-state index contributed by atoms with van der Waals surface area (Å²) in [5.41, 5.74) is 6.61. The van der Waals surface area contributed by atoms with Crippen molar-refractivity contribution >= 4 is 5.84 Å². The quantitative estimate of drug-likeness (QED) is 0.312. The molecule has 0 aromatic heterocycles. The van der Waals surface area contributed by atoms with Gasteiger partial charge in [0.05, 0.1) is 7.11 Å². The Labute approximate surface area is 108 Å². The zero-order valence-electron chi connectivity index (χ0n) is 11.1. The molecule has 18 heavy (non-hydrogen) atoms. The monoisotopic (exact) mass is 251 g/mol. The van der Waals surface area contributed by atoms with Crippen LogP contribution in [0, 0.1) is 0 Å². The maximum atomic E-state index is 8.52. The van der Waals surface area contributed by atoms with Crippen LogP contribution < -0.4 is 15.8 Å². The highest BCUT2D eigenvalue weighted by Crippen LogP contribution is 2.19. The average Bonchev–Trinajstić information content (AvgIpc) is 2.38. The fourth-order valence-corrected chi connectivity index (χ4v) is 1.85. The molecule has 0 amide bonds. The van der Waals surface area contributed by atoms with Crippen molar-refractivity contribution in [2.45, 2.75) is 32.4 Å². The van der Waals surface area contributed by atoms with Gasteiger partial charge < -0.3 is 21.0 Å². The number of oxime groups is 1. The van der Waals surface area contributed by atoms with Gasteiger partial charge in [0.1, 0.15) is 11.6 Å². The van der Waals surface area contributed by atoms with Gasteiger partial charge >= 0.3 is 0 Å². The summed E-state index contributed by atoms with van der Waals surface area (Å²) in [6.45, 7) is 4.06. The lowest BCUT2D eigenvalue weighted by molar-refractivity contribution is 0.315. The topological polar surface area (TPSA) is 79.9 Å². The first-order valence-corrected chi connectivity index (χ1v) is 5.93. The van der Waals surface area contributed by atoms with E-state index in [1.165, 1.54) is 0 Å². The van der Waals surface area contributed by atoms with Gasteiger partial charge in [-0.25, -0.2) is 0 Å². The zero-order valence-corrected chi connectivity index (χ0v) is 11.1. The molecular formula is C13H21N3O2. The second-order valence-electron chi connectivity index (χ2n) is 4.36. The summed E-state index contributed by atoms with van der Waals surface area (Å²) in [6, 6.07) is 8.20. The molecule has 0 fully saturated rings. The van der Waals surface area contributed by atoms with E-state index in [4.69, 9.17) is 15.7 Å². The van der Waals surface area contributed by atoms with Crippen molar-refractivity contribution < 1.29 is 9.94 Å². The van der Waals surface area contributed by atoms with Gasteiger partial charge in [-0.05, 0) is 31.5 Å². The predicted octanol–water partition coefficient (Wildman–Crippen LogP) is 1.87. The van der Waals surface area contributed by atoms with Gasteiger partial charge in [0.15, 0.2) is 0 Å². The SMILES string of the molecule is COc1cccc([C@H](C)NC(C)C/C(N)=N/O)c1. The molecule has 0 heterocycles. The van der Waals surface area contributed by atoms with E-state index in [-0.39, 0.29) is 17.9 Å². The van der Waals surface area contributed by atoms with Crippen LogP contribution in [-0.4, -0.2) is 24.2 Å². The Morgan fingerprint density at radius 3 is 2.83 bits per heavy atom. The van der Waals surface area contributed by atoms with E-state index in [1.807, 2.05) is 31.2 Å². The van der Waals surface area contributed by atoms with Crippen molar-refractivity contribution in [2.24, 2.45) is 10.9 Å². The Balaban J connectivity index is 2.61. The lowest BCUT2D eigenvalue weighted by atomic mass is 10.1. The van der Waals surface area contributed by atoms with Crippen molar-refractivity contribution in [3.63, 3.8) is 0 Å². The van der Waals surface area contributed by atoms with Crippen LogP contribution in [0.25, 0.3) is 0 Å². The summed E-state index contributed by atoms with van der Waals surface area (Å²) in [6.07, 6.45) is 0.505. The summed E-state index contributed by atoms with van der Waals surface area (Å²) >= 11 is 0. The highest BCUT2D eigenvalue weighted by atomic mass is 16.5. The van der Waals surface area contributed by atoms with Crippen LogP contribution in [0.15, 0.2) is 29.4 Å². The Morgan fingerprint density at radius 2 is 2.22 bits per heavy atom. The lowest BCUT2D eigenvalue weighted by Gasteiger charge is -2.20. The van der Waals surface area contributed by atoms with Crippen LogP contribution in [-0.2, 0) is 0 Å². The van der Waals surface area contributed by atoms with Crippen molar-refractivity contribution in [3.8, 4) is 5.75 Å². The summed E-state index contributed by atoms with van der Waals surface area (Å²) < 4.78 is 5.19. The highest BCUT2D eigenvalue weighted by molar-refractivity contribution is 5.80. The van der Waals surface area contributed by atoms with Gasteiger partial charge in [-0.2, -0.15) is 0 Å². The fraction of sp³-hybridized carbons (Fsp3) is 0.462. The predicted molar refractivity (Wildman–Crippen MR) is 72.0 cm³/mol. The first-order chi connectivity index (χ1) is 8.56. The summed E-state index contributed by atoms with van der Waals surface area (Å²) in [5.74, 6) is 1.07. The number of nitrogens with one attached hydrogen (secondary N) is 1. The van der Waals surface area contributed by atoms with Crippen LogP contribution in [0.3, 0.4) is 0 Å². The third-order valence-electron chi connectivity index (χ3n) is 2.77. The van der Waals surface area contributed by atoms with Crippen molar-refractivity contribution in [1.82, 2.24) is 5.32 Å². The maximum Gasteiger partial charge on any atom is 0.140 e. The standard InChI is InChI=1S/C13H21N3O2/c1-9(7-13(14)16-17)15-10(2)11-5-4-6-12(8-11)18-3/h4-6,8-10,15,17H,7H2,1-3H3,(H2,14,16)/t9?,10-/m0/s1. The van der Waals surface area contributed by atoms with Crippen LogP contribution in [0.1, 0.15) is 31.9 Å². The molecule has 100 valence electrons. The Hall–Kier alpha value is -1.75. The average molecular weight is 251 g/mol. The van der Waals surface area contributed by atoms with Crippen molar-refractivity contribution in [1.29, 1.82) is 0 Å². The first kappa shape index (κ1) is 14.3. The number of ether oxygens (including phenoxy) is 1. The molecule has 1 rings (SSSR count). The highest BCUT2D eigenvalue weighted by Gasteiger charge is 2.11. The van der Waals surface area contributed by atoms with Gasteiger partial charge in [0.2, 0.25) is 0 Å². The largest absolute Gasteiger partial charge is 0.497 e. The molecule has 0 saturated carbocycles. The van der Waals surface area contributed by atoms with E-state index in [0.717, 1.165) is 11.3 Å². The van der Waals surface area contributed by atoms with Gasteiger partial charge in [0.25, 0.3) is 0 Å². The zero-order chi connectivity index (χ0) is 13.5. The molecule has 0 bridgehead atoms. The molecule has 0 aliphatic carbocycles. The van der Waals surface area contributed by atoms with E-state index in [1.54, 1.807) is 7.11 Å². The molecule has 2 atom stereocenters. The van der Waals surface area contributed by atoms with Crippen molar-refractivity contribution in [3.05, 3.63) is 29.8 Å². The van der Waals surface area contributed by atoms with Crippen LogP contribution in [0.5, 0.6) is 5.75 Å². The maximum absolute atomic E-state index is 8.52. The van der Waals surface area contributed by atoms with Gasteiger partial charge in [0, 0.05) is 18.5 Å². The lowest BCUT2D eigenvalue weighted by Crippen LogP contribution is -2.33. The van der Waals surface area contributed by atoms with E-state index in [9.17, 15) is 0 Å². The minimum absolute atomic E-state index is 0.127. The number of benzene rings is 1. The molecule has 5 heteroatoms. The van der Waals surface area contributed by atoms with E-state index in [2.05, 4.69) is 17.4 Å². The van der Waals surface area contributed by atoms with Gasteiger partial charge in [-0.3, -0.25) is 0 Å². The normalized spacial score (nSPS) is 15.2. The minimum atomic E-state index is 0.127. The Morgan fingerprint density at radius 1 is 1.50 bits per heavy atom. The second-order valence-corrected chi connectivity index (χ2v) is 4.36. The number of nitrogens with two attached hydrogens (primary N) is 1. The molecule has 0 aliphatic heterocycles. The Bertz CT molecular complexity index is 407. The molecule has 1 unspecified atom stereocenters. The Kier molecular flexibility index (Phi) is 5.45. The molecule has 0 spiro atoms. The molecular weight excluding hydrogens is 230 g/mol. The van der Waals surface area contributed by atoms with E-state index >= 15 is 0 Å². The number of hydrogen-bond acceptors (Lipinski definition) is 4. The number of rotatable bonds is 6. The van der Waals surface area contributed by atoms with Gasteiger partial charge in [-0.15, -0.1) is 0 Å². The molecule has 0 saturated heterocycles.